The van der Waals surface area contributed by atoms with Gasteiger partial charge < -0.3 is 15.4 Å². The molecule has 7 nitrogen and oxygen atoms in total. The Bertz CT molecular complexity index is 1060. The fourth-order valence-electron chi connectivity index (χ4n) is 3.56. The lowest BCUT2D eigenvalue weighted by Gasteiger charge is -2.39. The molecule has 1 fully saturated rings. The Morgan fingerprint density at radius 1 is 1.31 bits per heavy atom. The van der Waals surface area contributed by atoms with E-state index in [1.807, 2.05) is 29.6 Å². The summed E-state index contributed by atoms with van der Waals surface area (Å²) in [5.41, 5.74) is 7.70. The molecule has 150 valence electrons. The predicted octanol–water partition coefficient (Wildman–Crippen LogP) is 2.38. The van der Waals surface area contributed by atoms with Gasteiger partial charge in [0.25, 0.3) is 0 Å². The van der Waals surface area contributed by atoms with Crippen LogP contribution in [-0.4, -0.2) is 57.6 Å². The largest absolute Gasteiger partial charge is 0.383 e. The normalized spacial score (nSPS) is 17.6. The molecule has 2 N–H and O–H groups in total. The summed E-state index contributed by atoms with van der Waals surface area (Å²) in [5.74, 6) is 0.472. The van der Waals surface area contributed by atoms with Crippen molar-refractivity contribution in [1.82, 2.24) is 19.8 Å². The Morgan fingerprint density at radius 2 is 2.17 bits per heavy atom. The van der Waals surface area contributed by atoms with Gasteiger partial charge in [0, 0.05) is 41.8 Å². The number of carbonyl (C=O) groups is 2. The molecule has 3 aromatic rings. The molecule has 0 radical (unpaired) electrons. The van der Waals surface area contributed by atoms with Crippen molar-refractivity contribution >= 4 is 51.9 Å². The number of carbonyl (C=O) groups excluding carboxylic acids is 2. The van der Waals surface area contributed by atoms with Gasteiger partial charge in [0.05, 0.1) is 23.0 Å². The van der Waals surface area contributed by atoms with Crippen molar-refractivity contribution in [3.63, 3.8) is 0 Å². The maximum absolute atomic E-state index is 12.6. The number of fused-ring (bicyclic) bond motifs is 1. The SMILES string of the molecule is Nc1ncnc2cc(CN3CCN(C(=O)Cc4cc(Cl)cs4)CC3C=O)ccc12. The first-order valence-electron chi connectivity index (χ1n) is 9.22. The molecule has 0 bridgehead atoms. The number of hydrogen-bond donors (Lipinski definition) is 1. The van der Waals surface area contributed by atoms with E-state index in [2.05, 4.69) is 14.9 Å². The van der Waals surface area contributed by atoms with E-state index >= 15 is 0 Å². The van der Waals surface area contributed by atoms with Crippen molar-refractivity contribution in [2.45, 2.75) is 19.0 Å². The van der Waals surface area contributed by atoms with E-state index in [-0.39, 0.29) is 11.9 Å². The van der Waals surface area contributed by atoms with Gasteiger partial charge in [-0.15, -0.1) is 11.3 Å². The van der Waals surface area contributed by atoms with Gasteiger partial charge in [-0.05, 0) is 23.8 Å². The summed E-state index contributed by atoms with van der Waals surface area (Å²) in [7, 11) is 0. The second kappa shape index (κ2) is 8.44. The Morgan fingerprint density at radius 3 is 2.93 bits per heavy atom. The van der Waals surface area contributed by atoms with Crippen LogP contribution in [-0.2, 0) is 22.6 Å². The number of nitrogens with two attached hydrogens (primary N) is 1. The van der Waals surface area contributed by atoms with Crippen molar-refractivity contribution < 1.29 is 9.59 Å². The van der Waals surface area contributed by atoms with Crippen LogP contribution in [0.15, 0.2) is 36.0 Å². The first-order valence-corrected chi connectivity index (χ1v) is 10.5. The molecule has 9 heteroatoms. The Kier molecular flexibility index (Phi) is 5.75. The van der Waals surface area contributed by atoms with Crippen LogP contribution in [0.25, 0.3) is 10.9 Å². The summed E-state index contributed by atoms with van der Waals surface area (Å²) in [6, 6.07) is 7.32. The Balaban J connectivity index is 1.42. The van der Waals surface area contributed by atoms with Gasteiger partial charge in [-0.1, -0.05) is 17.7 Å². The molecule has 1 aliphatic heterocycles. The number of piperazine rings is 1. The molecule has 1 atom stereocenters. The van der Waals surface area contributed by atoms with Crippen molar-refractivity contribution in [2.24, 2.45) is 0 Å². The number of amides is 1. The van der Waals surface area contributed by atoms with E-state index in [0.717, 1.165) is 27.6 Å². The van der Waals surface area contributed by atoms with Gasteiger partial charge in [0.2, 0.25) is 5.91 Å². The van der Waals surface area contributed by atoms with E-state index in [1.54, 1.807) is 4.90 Å². The highest BCUT2D eigenvalue weighted by Crippen LogP contribution is 2.22. The average Bonchev–Trinajstić information content (AvgIpc) is 3.13. The van der Waals surface area contributed by atoms with Crippen LogP contribution in [0.4, 0.5) is 5.82 Å². The van der Waals surface area contributed by atoms with E-state index in [9.17, 15) is 9.59 Å². The van der Waals surface area contributed by atoms with Crippen molar-refractivity contribution in [3.05, 3.63) is 51.4 Å². The number of thiophene rings is 1. The molecule has 0 aliphatic carbocycles. The van der Waals surface area contributed by atoms with Gasteiger partial charge in [-0.3, -0.25) is 9.69 Å². The van der Waals surface area contributed by atoms with Crippen molar-refractivity contribution in [3.8, 4) is 0 Å². The summed E-state index contributed by atoms with van der Waals surface area (Å²) >= 11 is 7.41. The van der Waals surface area contributed by atoms with Crippen LogP contribution < -0.4 is 5.73 Å². The Labute approximate surface area is 177 Å². The molecule has 1 aromatic carbocycles. The molecule has 1 aliphatic rings. The molecular weight excluding hydrogens is 410 g/mol. The van der Waals surface area contributed by atoms with Crippen LogP contribution >= 0.6 is 22.9 Å². The lowest BCUT2D eigenvalue weighted by molar-refractivity contribution is -0.134. The van der Waals surface area contributed by atoms with E-state index < -0.39 is 0 Å². The summed E-state index contributed by atoms with van der Waals surface area (Å²) in [6.45, 7) is 2.21. The maximum atomic E-state index is 12.6. The minimum absolute atomic E-state index is 0.0212. The molecule has 1 amide bonds. The van der Waals surface area contributed by atoms with E-state index in [4.69, 9.17) is 17.3 Å². The van der Waals surface area contributed by atoms with Crippen LogP contribution in [0, 0.1) is 0 Å². The summed E-state index contributed by atoms with van der Waals surface area (Å²) in [6.07, 6.45) is 2.68. The molecule has 29 heavy (non-hydrogen) atoms. The number of nitrogens with zero attached hydrogens (tertiary/aromatic N) is 4. The summed E-state index contributed by atoms with van der Waals surface area (Å²) < 4.78 is 0. The monoisotopic (exact) mass is 429 g/mol. The molecule has 1 unspecified atom stereocenters. The lowest BCUT2D eigenvalue weighted by Crippen LogP contribution is -2.55. The lowest BCUT2D eigenvalue weighted by atomic mass is 10.1. The van der Waals surface area contributed by atoms with Gasteiger partial charge in [0.15, 0.2) is 0 Å². The number of aromatic nitrogens is 2. The number of nitrogen functional groups attached to an aromatic ring is 1. The van der Waals surface area contributed by atoms with Crippen LogP contribution in [0.1, 0.15) is 10.4 Å². The highest BCUT2D eigenvalue weighted by atomic mass is 35.5. The fraction of sp³-hybridized carbons (Fsp3) is 0.300. The third-order valence-electron chi connectivity index (χ3n) is 5.11. The second-order valence-corrected chi connectivity index (χ2v) is 8.46. The van der Waals surface area contributed by atoms with E-state index in [1.165, 1.54) is 17.7 Å². The topological polar surface area (TPSA) is 92.4 Å². The smallest absolute Gasteiger partial charge is 0.227 e. The number of halogens is 1. The third-order valence-corrected chi connectivity index (χ3v) is 6.39. The second-order valence-electron chi connectivity index (χ2n) is 7.03. The predicted molar refractivity (Wildman–Crippen MR) is 114 cm³/mol. The molecule has 3 heterocycles. The van der Waals surface area contributed by atoms with Crippen LogP contribution in [0.5, 0.6) is 0 Å². The number of anilines is 1. The summed E-state index contributed by atoms with van der Waals surface area (Å²) in [5, 5.41) is 3.28. The molecule has 0 spiro atoms. The van der Waals surface area contributed by atoms with Gasteiger partial charge in [0.1, 0.15) is 18.4 Å². The van der Waals surface area contributed by atoms with Crippen LogP contribution in [0.3, 0.4) is 0 Å². The quantitative estimate of drug-likeness (QED) is 0.626. The highest BCUT2D eigenvalue weighted by molar-refractivity contribution is 7.10. The molecule has 0 saturated carbocycles. The van der Waals surface area contributed by atoms with E-state index in [0.29, 0.717) is 43.4 Å². The minimum Gasteiger partial charge on any atom is -0.383 e. The van der Waals surface area contributed by atoms with Gasteiger partial charge in [-0.2, -0.15) is 0 Å². The van der Waals surface area contributed by atoms with Crippen LogP contribution in [0.2, 0.25) is 5.02 Å². The van der Waals surface area contributed by atoms with Gasteiger partial charge >= 0.3 is 0 Å². The van der Waals surface area contributed by atoms with Crippen molar-refractivity contribution in [1.29, 1.82) is 0 Å². The number of hydrogen-bond acceptors (Lipinski definition) is 7. The molecule has 4 rings (SSSR count). The standard InChI is InChI=1S/C20H20ClN5O2S/c21-14-6-16(29-11-14)7-19(28)26-4-3-25(15(9-26)10-27)8-13-1-2-17-18(5-13)23-12-24-20(17)22/h1-2,5-6,10-12,15H,3-4,7-9H2,(H2,22,23,24). The minimum atomic E-state index is -0.342. The maximum Gasteiger partial charge on any atom is 0.227 e. The first-order chi connectivity index (χ1) is 14.0. The number of benzene rings is 1. The molecule has 2 aromatic heterocycles. The fourth-order valence-corrected chi connectivity index (χ4v) is 4.63. The summed E-state index contributed by atoms with van der Waals surface area (Å²) in [4.78, 5) is 37.4. The Hall–Kier alpha value is -2.55. The average molecular weight is 430 g/mol. The zero-order chi connectivity index (χ0) is 20.4. The first kappa shape index (κ1) is 19.8. The highest BCUT2D eigenvalue weighted by Gasteiger charge is 2.29. The third kappa shape index (κ3) is 4.39. The number of aldehydes is 1. The zero-order valence-corrected chi connectivity index (χ0v) is 17.2. The molecular formula is C20H20ClN5O2S. The molecule has 1 saturated heterocycles. The van der Waals surface area contributed by atoms with Crippen molar-refractivity contribution in [2.75, 3.05) is 25.4 Å². The number of rotatable bonds is 5. The zero-order valence-electron chi connectivity index (χ0n) is 15.6. The van der Waals surface area contributed by atoms with Gasteiger partial charge in [-0.25, -0.2) is 9.97 Å².